The van der Waals surface area contributed by atoms with Gasteiger partial charge >= 0.3 is 5.97 Å². The zero-order valence-electron chi connectivity index (χ0n) is 12.3. The number of carbonyl (C=O) groups is 1. The Hall–Kier alpha value is -2.80. The van der Waals surface area contributed by atoms with E-state index in [1.807, 2.05) is 31.2 Å². The summed E-state index contributed by atoms with van der Waals surface area (Å²) in [5.74, 6) is -0.500. The van der Waals surface area contributed by atoms with Crippen LogP contribution in [0.25, 0.3) is 0 Å². The SMILES string of the molecule is Cc1ccc(OCCC(C#N)c2ccc(C(=O)O)cc2)cc1. The second kappa shape index (κ2) is 7.28. The van der Waals surface area contributed by atoms with E-state index in [0.29, 0.717) is 13.0 Å². The van der Waals surface area contributed by atoms with E-state index < -0.39 is 5.97 Å². The molecule has 1 unspecified atom stereocenters. The van der Waals surface area contributed by atoms with Crippen molar-refractivity contribution in [2.45, 2.75) is 19.3 Å². The van der Waals surface area contributed by atoms with Gasteiger partial charge in [0.2, 0.25) is 0 Å². The van der Waals surface area contributed by atoms with Crippen molar-refractivity contribution in [1.29, 1.82) is 5.26 Å². The van der Waals surface area contributed by atoms with Crippen LogP contribution < -0.4 is 4.74 Å². The normalized spacial score (nSPS) is 11.5. The van der Waals surface area contributed by atoms with Crippen molar-refractivity contribution in [2.24, 2.45) is 0 Å². The van der Waals surface area contributed by atoms with Crippen LogP contribution >= 0.6 is 0 Å². The third-order valence-electron chi connectivity index (χ3n) is 3.41. The van der Waals surface area contributed by atoms with Gasteiger partial charge in [-0.05, 0) is 36.8 Å². The van der Waals surface area contributed by atoms with Crippen molar-refractivity contribution in [3.8, 4) is 11.8 Å². The van der Waals surface area contributed by atoms with Gasteiger partial charge in [0.05, 0.1) is 24.2 Å². The highest BCUT2D eigenvalue weighted by Gasteiger charge is 2.12. The molecule has 2 aromatic carbocycles. The van der Waals surface area contributed by atoms with Crippen LogP contribution in [0.15, 0.2) is 48.5 Å². The van der Waals surface area contributed by atoms with Crippen molar-refractivity contribution >= 4 is 5.97 Å². The van der Waals surface area contributed by atoms with Gasteiger partial charge in [-0.15, -0.1) is 0 Å². The van der Waals surface area contributed by atoms with E-state index in [-0.39, 0.29) is 11.5 Å². The topological polar surface area (TPSA) is 70.3 Å². The van der Waals surface area contributed by atoms with E-state index in [0.717, 1.165) is 11.3 Å². The fourth-order valence-corrected chi connectivity index (χ4v) is 2.09. The maximum absolute atomic E-state index is 10.8. The number of aryl methyl sites for hydroxylation is 1. The Morgan fingerprint density at radius 1 is 1.18 bits per heavy atom. The van der Waals surface area contributed by atoms with Crippen molar-refractivity contribution < 1.29 is 14.6 Å². The minimum Gasteiger partial charge on any atom is -0.494 e. The fourth-order valence-electron chi connectivity index (χ4n) is 2.09. The number of aromatic carboxylic acids is 1. The van der Waals surface area contributed by atoms with Crippen LogP contribution in [-0.2, 0) is 0 Å². The molecule has 4 heteroatoms. The second-order valence-electron chi connectivity index (χ2n) is 5.06. The minimum atomic E-state index is -0.970. The number of rotatable bonds is 6. The second-order valence-corrected chi connectivity index (χ2v) is 5.06. The Bertz CT molecular complexity index is 669. The predicted octanol–water partition coefficient (Wildman–Crippen LogP) is 3.77. The Balaban J connectivity index is 1.93. The molecule has 0 radical (unpaired) electrons. The monoisotopic (exact) mass is 295 g/mol. The lowest BCUT2D eigenvalue weighted by Crippen LogP contribution is -2.05. The quantitative estimate of drug-likeness (QED) is 0.880. The molecule has 0 aliphatic rings. The summed E-state index contributed by atoms with van der Waals surface area (Å²) in [5, 5.41) is 18.1. The van der Waals surface area contributed by atoms with Crippen LogP contribution in [0.4, 0.5) is 0 Å². The molecule has 1 atom stereocenters. The average molecular weight is 295 g/mol. The van der Waals surface area contributed by atoms with Gasteiger partial charge in [0, 0.05) is 6.42 Å². The number of carboxylic acid groups (broad SMARTS) is 1. The number of nitriles is 1. The molecule has 0 aromatic heterocycles. The molecule has 0 aliphatic carbocycles. The van der Waals surface area contributed by atoms with Gasteiger partial charge in [-0.3, -0.25) is 0 Å². The molecule has 0 spiro atoms. The number of hydrogen-bond donors (Lipinski definition) is 1. The van der Waals surface area contributed by atoms with E-state index in [2.05, 4.69) is 6.07 Å². The van der Waals surface area contributed by atoms with E-state index >= 15 is 0 Å². The highest BCUT2D eigenvalue weighted by Crippen LogP contribution is 2.20. The molecular formula is C18H17NO3. The first kappa shape index (κ1) is 15.6. The lowest BCUT2D eigenvalue weighted by atomic mass is 9.96. The summed E-state index contributed by atoms with van der Waals surface area (Å²) in [6, 6.07) is 16.4. The molecule has 112 valence electrons. The maximum atomic E-state index is 10.8. The first-order valence-corrected chi connectivity index (χ1v) is 7.02. The highest BCUT2D eigenvalue weighted by molar-refractivity contribution is 5.87. The molecule has 2 rings (SSSR count). The fraction of sp³-hybridized carbons (Fsp3) is 0.222. The molecule has 22 heavy (non-hydrogen) atoms. The molecule has 4 nitrogen and oxygen atoms in total. The zero-order valence-corrected chi connectivity index (χ0v) is 12.3. The molecule has 0 amide bonds. The molecule has 1 N–H and O–H groups in total. The Labute approximate surface area is 129 Å². The van der Waals surface area contributed by atoms with Crippen molar-refractivity contribution in [1.82, 2.24) is 0 Å². The maximum Gasteiger partial charge on any atom is 0.335 e. The number of benzene rings is 2. The van der Waals surface area contributed by atoms with Gasteiger partial charge in [0.25, 0.3) is 0 Å². The van der Waals surface area contributed by atoms with Gasteiger partial charge in [-0.1, -0.05) is 29.8 Å². The lowest BCUT2D eigenvalue weighted by Gasteiger charge is -2.11. The van der Waals surface area contributed by atoms with E-state index in [1.165, 1.54) is 17.7 Å². The lowest BCUT2D eigenvalue weighted by molar-refractivity contribution is 0.0697. The average Bonchev–Trinajstić information content (AvgIpc) is 2.53. The van der Waals surface area contributed by atoms with Gasteiger partial charge in [-0.25, -0.2) is 4.79 Å². The molecule has 0 fully saturated rings. The van der Waals surface area contributed by atoms with E-state index in [1.54, 1.807) is 12.1 Å². The number of ether oxygens (including phenoxy) is 1. The summed E-state index contributed by atoms with van der Waals surface area (Å²) in [5.41, 5.74) is 2.19. The zero-order chi connectivity index (χ0) is 15.9. The van der Waals surface area contributed by atoms with Gasteiger partial charge in [-0.2, -0.15) is 5.26 Å². The Morgan fingerprint density at radius 2 is 1.82 bits per heavy atom. The molecule has 0 bridgehead atoms. The summed E-state index contributed by atoms with van der Waals surface area (Å²) < 4.78 is 5.63. The third-order valence-corrected chi connectivity index (χ3v) is 3.41. The van der Waals surface area contributed by atoms with E-state index in [9.17, 15) is 10.1 Å². The molecule has 0 saturated heterocycles. The Kier molecular flexibility index (Phi) is 5.16. The van der Waals surface area contributed by atoms with Gasteiger partial charge in [0.15, 0.2) is 0 Å². The largest absolute Gasteiger partial charge is 0.494 e. The van der Waals surface area contributed by atoms with Crippen LogP contribution in [0.5, 0.6) is 5.75 Å². The van der Waals surface area contributed by atoms with Crippen molar-refractivity contribution in [3.05, 3.63) is 65.2 Å². The highest BCUT2D eigenvalue weighted by atomic mass is 16.5. The van der Waals surface area contributed by atoms with Crippen LogP contribution in [0.1, 0.15) is 33.8 Å². The standard InChI is InChI=1S/C18H17NO3/c1-13-2-8-17(9-3-13)22-11-10-16(12-19)14-4-6-15(7-5-14)18(20)21/h2-9,16H,10-11H2,1H3,(H,20,21). The van der Waals surface area contributed by atoms with Gasteiger partial charge < -0.3 is 9.84 Å². The summed E-state index contributed by atoms with van der Waals surface area (Å²) in [6.45, 7) is 2.44. The first-order chi connectivity index (χ1) is 10.6. The number of carboxylic acids is 1. The molecule has 2 aromatic rings. The summed E-state index contributed by atoms with van der Waals surface area (Å²) in [6.07, 6.45) is 0.552. The van der Waals surface area contributed by atoms with Crippen molar-refractivity contribution in [3.63, 3.8) is 0 Å². The summed E-state index contributed by atoms with van der Waals surface area (Å²) >= 11 is 0. The molecule has 0 saturated carbocycles. The van der Waals surface area contributed by atoms with E-state index in [4.69, 9.17) is 9.84 Å². The molecule has 0 aliphatic heterocycles. The van der Waals surface area contributed by atoms with Crippen LogP contribution in [0.3, 0.4) is 0 Å². The predicted molar refractivity (Wildman–Crippen MR) is 83.0 cm³/mol. The summed E-state index contributed by atoms with van der Waals surface area (Å²) in [7, 11) is 0. The van der Waals surface area contributed by atoms with Crippen LogP contribution in [-0.4, -0.2) is 17.7 Å². The Morgan fingerprint density at radius 3 is 2.36 bits per heavy atom. The third kappa shape index (κ3) is 4.10. The smallest absolute Gasteiger partial charge is 0.335 e. The van der Waals surface area contributed by atoms with Crippen molar-refractivity contribution in [2.75, 3.05) is 6.61 Å². The van der Waals surface area contributed by atoms with Gasteiger partial charge in [0.1, 0.15) is 5.75 Å². The number of nitrogens with zero attached hydrogens (tertiary/aromatic N) is 1. The number of hydrogen-bond acceptors (Lipinski definition) is 3. The molecular weight excluding hydrogens is 278 g/mol. The first-order valence-electron chi connectivity index (χ1n) is 7.02. The minimum absolute atomic E-state index is 0.219. The summed E-state index contributed by atoms with van der Waals surface area (Å²) in [4.78, 5) is 10.8. The van der Waals surface area contributed by atoms with Crippen LogP contribution in [0.2, 0.25) is 0 Å². The van der Waals surface area contributed by atoms with Crippen LogP contribution in [0, 0.1) is 18.3 Å². The molecule has 0 heterocycles.